The number of halogens is 1. The van der Waals surface area contributed by atoms with Crippen molar-refractivity contribution in [3.63, 3.8) is 0 Å². The van der Waals surface area contributed by atoms with Crippen LogP contribution in [-0.2, 0) is 11.3 Å². The minimum absolute atomic E-state index is 0. The second-order valence-electron chi connectivity index (χ2n) is 9.46. The highest BCUT2D eigenvalue weighted by Gasteiger charge is 2.65. The number of aliphatic imine (C=N–C) groups is 1. The second-order valence-corrected chi connectivity index (χ2v) is 10.2. The molecule has 2 aliphatic carbocycles. The van der Waals surface area contributed by atoms with E-state index in [0.717, 1.165) is 25.7 Å². The fourth-order valence-corrected chi connectivity index (χ4v) is 7.07. The summed E-state index contributed by atoms with van der Waals surface area (Å²) in [6, 6.07) is 3.33. The quantitative estimate of drug-likeness (QED) is 0.331. The maximum absolute atomic E-state index is 6.16. The normalized spacial score (nSPS) is 31.2. The highest BCUT2D eigenvalue weighted by molar-refractivity contribution is 14.0. The van der Waals surface area contributed by atoms with E-state index in [1.807, 2.05) is 0 Å². The first kappa shape index (κ1) is 22.8. The minimum Gasteiger partial charge on any atom is -0.377 e. The molecule has 30 heavy (non-hydrogen) atoms. The zero-order valence-electron chi connectivity index (χ0n) is 18.1. The van der Waals surface area contributed by atoms with Crippen molar-refractivity contribution < 1.29 is 4.74 Å². The summed E-state index contributed by atoms with van der Waals surface area (Å²) in [4.78, 5) is 7.42. The number of ether oxygens (including phenoxy) is 1. The summed E-state index contributed by atoms with van der Waals surface area (Å²) < 4.78 is 6.16. The number of nitrogens with zero attached hydrogens (tertiary/aromatic N) is 2. The first-order chi connectivity index (χ1) is 14.3. The van der Waals surface area contributed by atoms with E-state index in [1.54, 1.807) is 11.3 Å². The van der Waals surface area contributed by atoms with Crippen LogP contribution in [0.2, 0.25) is 0 Å². The van der Waals surface area contributed by atoms with Gasteiger partial charge in [0.25, 0.3) is 0 Å². The number of hydrogen-bond acceptors (Lipinski definition) is 4. The van der Waals surface area contributed by atoms with Gasteiger partial charge in [0.2, 0.25) is 0 Å². The topological polar surface area (TPSA) is 48.9 Å². The number of thiophene rings is 1. The van der Waals surface area contributed by atoms with Gasteiger partial charge >= 0.3 is 0 Å². The van der Waals surface area contributed by atoms with Crippen molar-refractivity contribution >= 4 is 41.3 Å². The van der Waals surface area contributed by atoms with Gasteiger partial charge in [0.1, 0.15) is 0 Å². The molecule has 2 N–H and O–H groups in total. The van der Waals surface area contributed by atoms with Gasteiger partial charge in [0, 0.05) is 56.2 Å². The van der Waals surface area contributed by atoms with Gasteiger partial charge < -0.3 is 15.4 Å². The second kappa shape index (κ2) is 10.0. The third-order valence-corrected chi connectivity index (χ3v) is 8.54. The Kier molecular flexibility index (Phi) is 7.63. The SMILES string of the molecule is CCN=C(NC1CCN(Cc2ccsc2)CC1)NC1C2CCOC2C12CCCC2.I. The lowest BCUT2D eigenvalue weighted by Crippen LogP contribution is -2.69. The molecule has 2 saturated carbocycles. The van der Waals surface area contributed by atoms with Gasteiger partial charge in [-0.2, -0.15) is 11.3 Å². The van der Waals surface area contributed by atoms with Crippen LogP contribution in [0.5, 0.6) is 0 Å². The third kappa shape index (κ3) is 4.41. The summed E-state index contributed by atoms with van der Waals surface area (Å²) in [6.45, 7) is 7.35. The van der Waals surface area contributed by atoms with Gasteiger partial charge in [0.05, 0.1) is 6.10 Å². The van der Waals surface area contributed by atoms with Crippen LogP contribution in [0, 0.1) is 11.3 Å². The standard InChI is InChI=1S/C23H36N4OS.HI/c1-2-24-22(25-18-5-11-27(12-6-18)15-17-8-14-29-16-17)26-20-19-7-13-28-21(19)23(20)9-3-4-10-23;/h8,14,16,18-21H,2-7,9-13,15H2,1H3,(H2,24,25,26);1H. The number of rotatable bonds is 5. The Balaban J connectivity index is 0.00000218. The molecule has 0 bridgehead atoms. The van der Waals surface area contributed by atoms with Crippen LogP contribution in [0.3, 0.4) is 0 Å². The molecular weight excluding hydrogens is 507 g/mol. The van der Waals surface area contributed by atoms with Crippen LogP contribution < -0.4 is 10.6 Å². The van der Waals surface area contributed by atoms with E-state index in [9.17, 15) is 0 Å². The molecule has 4 aliphatic rings. The molecule has 2 saturated heterocycles. The summed E-state index contributed by atoms with van der Waals surface area (Å²) in [6.07, 6.45) is 9.48. The Hall–Kier alpha value is -0.380. The number of guanidine groups is 1. The average molecular weight is 545 g/mol. The largest absolute Gasteiger partial charge is 0.377 e. The molecule has 5 rings (SSSR count). The number of likely N-dealkylation sites (tertiary alicyclic amines) is 1. The van der Waals surface area contributed by atoms with E-state index < -0.39 is 0 Å². The Morgan fingerprint density at radius 1 is 1.23 bits per heavy atom. The maximum Gasteiger partial charge on any atom is 0.191 e. The third-order valence-electron chi connectivity index (χ3n) is 7.81. The predicted molar refractivity (Wildman–Crippen MR) is 135 cm³/mol. The van der Waals surface area contributed by atoms with Gasteiger partial charge in [-0.25, -0.2) is 0 Å². The van der Waals surface area contributed by atoms with Crippen LogP contribution in [0.4, 0.5) is 0 Å². The van der Waals surface area contributed by atoms with Crippen molar-refractivity contribution in [2.75, 3.05) is 26.2 Å². The van der Waals surface area contributed by atoms with Crippen LogP contribution in [-0.4, -0.2) is 55.3 Å². The lowest BCUT2D eigenvalue weighted by molar-refractivity contribution is -0.125. The minimum atomic E-state index is 0. The maximum atomic E-state index is 6.16. The fourth-order valence-electron chi connectivity index (χ4n) is 6.41. The van der Waals surface area contributed by atoms with Crippen LogP contribution in [0.15, 0.2) is 21.8 Å². The Morgan fingerprint density at radius 2 is 2.03 bits per heavy atom. The van der Waals surface area contributed by atoms with Crippen molar-refractivity contribution in [3.8, 4) is 0 Å². The van der Waals surface area contributed by atoms with E-state index in [0.29, 0.717) is 29.5 Å². The molecule has 5 nitrogen and oxygen atoms in total. The lowest BCUT2D eigenvalue weighted by atomic mass is 9.54. The van der Waals surface area contributed by atoms with Crippen LogP contribution in [0.1, 0.15) is 57.4 Å². The van der Waals surface area contributed by atoms with E-state index in [2.05, 4.69) is 39.3 Å². The summed E-state index contributed by atoms with van der Waals surface area (Å²) in [7, 11) is 0. The van der Waals surface area contributed by atoms with Gasteiger partial charge in [-0.15, -0.1) is 24.0 Å². The summed E-state index contributed by atoms with van der Waals surface area (Å²) >= 11 is 1.80. The van der Waals surface area contributed by atoms with E-state index >= 15 is 0 Å². The Bertz CT molecular complexity index is 698. The molecule has 7 heteroatoms. The van der Waals surface area contributed by atoms with Crippen LogP contribution >= 0.6 is 35.3 Å². The summed E-state index contributed by atoms with van der Waals surface area (Å²) in [5, 5.41) is 12.2. The molecule has 0 radical (unpaired) electrons. The van der Waals surface area contributed by atoms with Gasteiger partial charge in [-0.1, -0.05) is 12.8 Å². The molecule has 0 amide bonds. The van der Waals surface area contributed by atoms with Crippen molar-refractivity contribution in [2.45, 2.75) is 76.6 Å². The number of hydrogen-bond donors (Lipinski definition) is 2. The van der Waals surface area contributed by atoms with Crippen molar-refractivity contribution in [1.29, 1.82) is 0 Å². The molecule has 3 unspecified atom stereocenters. The predicted octanol–water partition coefficient (Wildman–Crippen LogP) is 4.23. The Labute approximate surface area is 202 Å². The summed E-state index contributed by atoms with van der Waals surface area (Å²) in [5.41, 5.74) is 1.83. The highest BCUT2D eigenvalue weighted by Crippen LogP contribution is 2.60. The number of fused-ring (bicyclic) bond motifs is 2. The summed E-state index contributed by atoms with van der Waals surface area (Å²) in [5.74, 6) is 1.73. The number of piperidine rings is 1. The smallest absolute Gasteiger partial charge is 0.191 e. The van der Waals surface area contributed by atoms with E-state index in [4.69, 9.17) is 9.73 Å². The number of nitrogens with one attached hydrogen (secondary N) is 2. The zero-order valence-corrected chi connectivity index (χ0v) is 21.3. The Morgan fingerprint density at radius 3 is 2.73 bits per heavy atom. The molecule has 3 heterocycles. The molecule has 1 spiro atoms. The molecule has 1 aromatic heterocycles. The van der Waals surface area contributed by atoms with Crippen molar-refractivity contribution in [3.05, 3.63) is 22.4 Å². The van der Waals surface area contributed by atoms with Crippen molar-refractivity contribution in [2.24, 2.45) is 16.3 Å². The first-order valence-electron chi connectivity index (χ1n) is 11.7. The van der Waals surface area contributed by atoms with E-state index in [-0.39, 0.29) is 24.0 Å². The molecule has 2 aliphatic heterocycles. The monoisotopic (exact) mass is 544 g/mol. The van der Waals surface area contributed by atoms with E-state index in [1.165, 1.54) is 63.6 Å². The molecule has 3 atom stereocenters. The first-order valence-corrected chi connectivity index (χ1v) is 12.7. The molecule has 1 aromatic rings. The van der Waals surface area contributed by atoms with Gasteiger partial charge in [-0.05, 0) is 61.4 Å². The lowest BCUT2D eigenvalue weighted by Gasteiger charge is -2.57. The average Bonchev–Trinajstić information content (AvgIpc) is 3.48. The fraction of sp³-hybridized carbons (Fsp3) is 0.783. The molecular formula is C23H37IN4OS. The zero-order chi connectivity index (χ0) is 19.7. The van der Waals surface area contributed by atoms with Crippen LogP contribution in [0.25, 0.3) is 0 Å². The van der Waals surface area contributed by atoms with Crippen molar-refractivity contribution in [1.82, 2.24) is 15.5 Å². The van der Waals surface area contributed by atoms with Gasteiger partial charge in [-0.3, -0.25) is 9.89 Å². The highest BCUT2D eigenvalue weighted by atomic mass is 127. The molecule has 0 aromatic carbocycles. The molecule has 4 fully saturated rings. The van der Waals surface area contributed by atoms with Gasteiger partial charge in [0.15, 0.2) is 5.96 Å². The molecule has 168 valence electrons.